The zero-order valence-electron chi connectivity index (χ0n) is 11.7. The molecule has 112 valence electrons. The molecule has 0 amide bonds. The van der Waals surface area contributed by atoms with E-state index in [0.717, 1.165) is 12.1 Å². The minimum atomic E-state index is -1.61. The van der Waals surface area contributed by atoms with Gasteiger partial charge in [-0.15, -0.1) is 6.42 Å². The highest BCUT2D eigenvalue weighted by Gasteiger charge is 2.48. The van der Waals surface area contributed by atoms with Gasteiger partial charge in [-0.1, -0.05) is 31.1 Å². The number of allylic oxidation sites excluding steroid dienone is 2. The molecule has 0 aromatic heterocycles. The predicted molar refractivity (Wildman–Crippen MR) is 77.5 cm³/mol. The normalized spacial score (nSPS) is 24.0. The summed E-state index contributed by atoms with van der Waals surface area (Å²) < 4.78 is 13.1. The maximum absolute atomic E-state index is 13.1. The van der Waals surface area contributed by atoms with Gasteiger partial charge in [-0.3, -0.25) is 4.79 Å². The van der Waals surface area contributed by atoms with Crippen molar-refractivity contribution in [1.82, 2.24) is 0 Å². The summed E-state index contributed by atoms with van der Waals surface area (Å²) in [5, 5.41) is 19.1. The van der Waals surface area contributed by atoms with Crippen LogP contribution in [0.1, 0.15) is 12.5 Å². The molecule has 1 aliphatic rings. The number of carboxylic acid groups (broad SMARTS) is 2. The highest BCUT2D eigenvalue weighted by atomic mass is 19.1. The van der Waals surface area contributed by atoms with Gasteiger partial charge in [0.05, 0.1) is 5.57 Å². The molecule has 0 aliphatic heterocycles. The number of carboxylic acids is 2. The molecule has 0 heterocycles. The Kier molecular flexibility index (Phi) is 3.87. The molecule has 5 heteroatoms. The highest BCUT2D eigenvalue weighted by molar-refractivity contribution is 5.95. The predicted octanol–water partition coefficient (Wildman–Crippen LogP) is 2.37. The minimum Gasteiger partial charge on any atom is -0.480 e. The van der Waals surface area contributed by atoms with Crippen LogP contribution in [0.15, 0.2) is 47.6 Å². The maximum Gasteiger partial charge on any atom is 0.333 e. The molecule has 2 unspecified atom stereocenters. The molecule has 2 N–H and O–H groups in total. The summed E-state index contributed by atoms with van der Waals surface area (Å²) in [7, 11) is 0. The summed E-state index contributed by atoms with van der Waals surface area (Å²) in [4.78, 5) is 23.4. The van der Waals surface area contributed by atoms with Crippen molar-refractivity contribution >= 4 is 11.9 Å². The van der Waals surface area contributed by atoms with Gasteiger partial charge in [0.1, 0.15) is 11.2 Å². The van der Waals surface area contributed by atoms with Crippen LogP contribution in [0.5, 0.6) is 0 Å². The van der Waals surface area contributed by atoms with Crippen LogP contribution < -0.4 is 0 Å². The quantitative estimate of drug-likeness (QED) is 0.840. The molecular weight excluding hydrogens is 287 g/mol. The second-order valence-corrected chi connectivity index (χ2v) is 5.01. The van der Waals surface area contributed by atoms with Crippen LogP contribution in [-0.4, -0.2) is 22.2 Å². The Morgan fingerprint density at radius 3 is 2.32 bits per heavy atom. The van der Waals surface area contributed by atoms with E-state index in [4.69, 9.17) is 6.42 Å². The summed E-state index contributed by atoms with van der Waals surface area (Å²) in [6.45, 7) is 1.49. The fourth-order valence-corrected chi connectivity index (χ4v) is 2.79. The molecule has 0 bridgehead atoms. The van der Waals surface area contributed by atoms with E-state index < -0.39 is 29.1 Å². The molecule has 0 saturated heterocycles. The zero-order chi connectivity index (χ0) is 16.5. The van der Waals surface area contributed by atoms with Gasteiger partial charge >= 0.3 is 11.9 Å². The third-order valence-corrected chi connectivity index (χ3v) is 3.98. The van der Waals surface area contributed by atoms with Gasteiger partial charge < -0.3 is 10.2 Å². The Hall–Kier alpha value is -2.87. The van der Waals surface area contributed by atoms with Gasteiger partial charge in [0, 0.05) is 11.5 Å². The van der Waals surface area contributed by atoms with E-state index >= 15 is 0 Å². The average molecular weight is 300 g/mol. The van der Waals surface area contributed by atoms with Crippen molar-refractivity contribution in [2.45, 2.75) is 12.3 Å². The summed E-state index contributed by atoms with van der Waals surface area (Å²) in [5.74, 6) is -1.65. The number of terminal acetylenes is 1. The molecule has 1 aromatic rings. The number of aliphatic carboxylic acids is 2. The van der Waals surface area contributed by atoms with E-state index in [2.05, 4.69) is 5.92 Å². The number of halogens is 1. The highest BCUT2D eigenvalue weighted by Crippen LogP contribution is 2.43. The summed E-state index contributed by atoms with van der Waals surface area (Å²) in [5.41, 5.74) is -1.32. The van der Waals surface area contributed by atoms with Gasteiger partial charge in [-0.05, 0) is 23.8 Å². The molecule has 0 saturated carbocycles. The van der Waals surface area contributed by atoms with Crippen LogP contribution in [0.25, 0.3) is 0 Å². The second kappa shape index (κ2) is 5.49. The number of hydrogen-bond acceptors (Lipinski definition) is 2. The van der Waals surface area contributed by atoms with Crippen molar-refractivity contribution in [2.75, 3.05) is 0 Å². The van der Waals surface area contributed by atoms with E-state index in [1.165, 1.54) is 31.2 Å². The van der Waals surface area contributed by atoms with Crippen LogP contribution in [0.4, 0.5) is 4.39 Å². The summed E-state index contributed by atoms with van der Waals surface area (Å²) in [6, 6.07) is 4.96. The molecule has 4 nitrogen and oxygen atoms in total. The fraction of sp³-hybridized carbons (Fsp3) is 0.176. The molecule has 1 aromatic carbocycles. The molecular formula is C17H13FO4. The number of benzene rings is 1. The Bertz CT molecular complexity index is 737. The molecule has 0 spiro atoms. The van der Waals surface area contributed by atoms with Gasteiger partial charge in [0.15, 0.2) is 0 Å². The third-order valence-electron chi connectivity index (χ3n) is 3.98. The van der Waals surface area contributed by atoms with Crippen molar-refractivity contribution in [3.05, 3.63) is 58.9 Å². The van der Waals surface area contributed by atoms with E-state index in [-0.39, 0.29) is 11.1 Å². The van der Waals surface area contributed by atoms with Crippen LogP contribution in [0.2, 0.25) is 0 Å². The standard InChI is InChI=1S/C17H13FO4/c1-3-11-8-9-17(16(21)22,10(2)14(11)15(19)20)12-4-6-13(18)7-5-12/h1,4-10H,2H3,(H,19,20)(H,21,22). The van der Waals surface area contributed by atoms with Crippen molar-refractivity contribution in [2.24, 2.45) is 5.92 Å². The van der Waals surface area contributed by atoms with Crippen molar-refractivity contribution in [3.8, 4) is 12.3 Å². The van der Waals surface area contributed by atoms with Crippen molar-refractivity contribution in [1.29, 1.82) is 0 Å². The van der Waals surface area contributed by atoms with Crippen molar-refractivity contribution < 1.29 is 24.2 Å². The van der Waals surface area contributed by atoms with E-state index in [0.29, 0.717) is 5.56 Å². The van der Waals surface area contributed by atoms with Crippen molar-refractivity contribution in [3.63, 3.8) is 0 Å². The first-order valence-electron chi connectivity index (χ1n) is 6.47. The van der Waals surface area contributed by atoms with Gasteiger partial charge in [0.2, 0.25) is 0 Å². The van der Waals surface area contributed by atoms with Gasteiger partial charge in [-0.25, -0.2) is 9.18 Å². The number of carbonyl (C=O) groups is 2. The van der Waals surface area contributed by atoms with Crippen LogP contribution in [0, 0.1) is 24.1 Å². The SMILES string of the molecule is C#CC1=C(C(=O)O)C(C)C(C(=O)O)(c2ccc(F)cc2)C=C1. The summed E-state index contributed by atoms with van der Waals surface area (Å²) in [6.07, 6.45) is 7.99. The lowest BCUT2D eigenvalue weighted by Crippen LogP contribution is -2.44. The molecule has 1 aliphatic carbocycles. The number of rotatable bonds is 3. The zero-order valence-corrected chi connectivity index (χ0v) is 11.7. The topological polar surface area (TPSA) is 74.6 Å². The lowest BCUT2D eigenvalue weighted by Gasteiger charge is -2.36. The lowest BCUT2D eigenvalue weighted by atomic mass is 9.64. The Labute approximate surface area is 126 Å². The lowest BCUT2D eigenvalue weighted by molar-refractivity contribution is -0.143. The molecule has 0 fully saturated rings. The van der Waals surface area contributed by atoms with E-state index in [9.17, 15) is 24.2 Å². The van der Waals surface area contributed by atoms with Crippen LogP contribution >= 0.6 is 0 Å². The fourth-order valence-electron chi connectivity index (χ4n) is 2.79. The number of hydrogen-bond donors (Lipinski definition) is 2. The minimum absolute atomic E-state index is 0.138. The smallest absolute Gasteiger partial charge is 0.333 e. The maximum atomic E-state index is 13.1. The Balaban J connectivity index is 2.70. The second-order valence-electron chi connectivity index (χ2n) is 5.01. The van der Waals surface area contributed by atoms with E-state index in [1.54, 1.807) is 0 Å². The van der Waals surface area contributed by atoms with Gasteiger partial charge in [0.25, 0.3) is 0 Å². The molecule has 0 radical (unpaired) electrons. The summed E-state index contributed by atoms with van der Waals surface area (Å²) >= 11 is 0. The first-order valence-corrected chi connectivity index (χ1v) is 6.47. The van der Waals surface area contributed by atoms with Gasteiger partial charge in [-0.2, -0.15) is 0 Å². The molecule has 2 atom stereocenters. The molecule has 22 heavy (non-hydrogen) atoms. The largest absolute Gasteiger partial charge is 0.480 e. The van der Waals surface area contributed by atoms with Crippen LogP contribution in [0.3, 0.4) is 0 Å². The first-order chi connectivity index (χ1) is 10.3. The Morgan fingerprint density at radius 1 is 1.27 bits per heavy atom. The first kappa shape index (κ1) is 15.5. The van der Waals surface area contributed by atoms with Crippen LogP contribution in [-0.2, 0) is 15.0 Å². The Morgan fingerprint density at radius 2 is 1.86 bits per heavy atom. The van der Waals surface area contributed by atoms with E-state index in [1.807, 2.05) is 0 Å². The third kappa shape index (κ3) is 2.19. The molecule has 2 rings (SSSR count). The monoisotopic (exact) mass is 300 g/mol. The average Bonchev–Trinajstić information content (AvgIpc) is 2.47.